The third kappa shape index (κ3) is 4.30. The SMILES string of the molecule is CCc1ccc(N2CCC[C@H]2C(=O)OC)c(C(=O)OCc2ccccc2)c1. The number of aryl methyl sites for hydroxylation is 1. The van der Waals surface area contributed by atoms with E-state index in [0.29, 0.717) is 12.1 Å². The lowest BCUT2D eigenvalue weighted by Gasteiger charge is -2.27. The number of rotatable bonds is 6. The first-order valence-electron chi connectivity index (χ1n) is 9.32. The minimum Gasteiger partial charge on any atom is -0.467 e. The molecule has 0 aliphatic carbocycles. The van der Waals surface area contributed by atoms with Crippen LogP contribution in [0.2, 0.25) is 0 Å². The van der Waals surface area contributed by atoms with Crippen molar-refractivity contribution in [2.45, 2.75) is 38.8 Å². The fraction of sp³-hybridized carbons (Fsp3) is 0.364. The number of carbonyl (C=O) groups is 2. The lowest BCUT2D eigenvalue weighted by molar-refractivity contribution is -0.141. The summed E-state index contributed by atoms with van der Waals surface area (Å²) in [6.07, 6.45) is 2.42. The molecule has 1 saturated heterocycles. The molecule has 1 aliphatic heterocycles. The average molecular weight is 367 g/mol. The van der Waals surface area contributed by atoms with E-state index in [9.17, 15) is 9.59 Å². The first-order chi connectivity index (χ1) is 13.1. The zero-order valence-corrected chi connectivity index (χ0v) is 15.8. The van der Waals surface area contributed by atoms with Crippen LogP contribution in [0.5, 0.6) is 0 Å². The fourth-order valence-corrected chi connectivity index (χ4v) is 3.45. The maximum absolute atomic E-state index is 12.8. The van der Waals surface area contributed by atoms with Crippen molar-refractivity contribution in [1.82, 2.24) is 0 Å². The van der Waals surface area contributed by atoms with Gasteiger partial charge >= 0.3 is 11.9 Å². The van der Waals surface area contributed by atoms with Gasteiger partial charge in [-0.15, -0.1) is 0 Å². The Bertz CT molecular complexity index is 803. The van der Waals surface area contributed by atoms with Crippen LogP contribution in [-0.2, 0) is 27.3 Å². The van der Waals surface area contributed by atoms with Crippen molar-refractivity contribution < 1.29 is 19.1 Å². The molecule has 142 valence electrons. The Hall–Kier alpha value is -2.82. The molecule has 2 aromatic carbocycles. The van der Waals surface area contributed by atoms with Crippen molar-refractivity contribution in [3.05, 3.63) is 65.2 Å². The van der Waals surface area contributed by atoms with Gasteiger partial charge in [0.1, 0.15) is 12.6 Å². The third-order valence-electron chi connectivity index (χ3n) is 4.94. The van der Waals surface area contributed by atoms with Gasteiger partial charge in [0.05, 0.1) is 18.4 Å². The third-order valence-corrected chi connectivity index (χ3v) is 4.94. The van der Waals surface area contributed by atoms with E-state index in [1.54, 1.807) is 0 Å². The van der Waals surface area contributed by atoms with Gasteiger partial charge in [-0.05, 0) is 42.5 Å². The van der Waals surface area contributed by atoms with E-state index in [1.807, 2.05) is 60.4 Å². The molecule has 1 fully saturated rings. The summed E-state index contributed by atoms with van der Waals surface area (Å²) in [7, 11) is 1.40. The second-order valence-electron chi connectivity index (χ2n) is 6.64. The molecule has 0 unspecified atom stereocenters. The molecular weight excluding hydrogens is 342 g/mol. The van der Waals surface area contributed by atoms with E-state index in [2.05, 4.69) is 0 Å². The van der Waals surface area contributed by atoms with Gasteiger partial charge < -0.3 is 14.4 Å². The van der Waals surface area contributed by atoms with Crippen molar-refractivity contribution in [3.63, 3.8) is 0 Å². The summed E-state index contributed by atoms with van der Waals surface area (Å²) in [4.78, 5) is 26.9. The van der Waals surface area contributed by atoms with Gasteiger partial charge in [-0.2, -0.15) is 0 Å². The van der Waals surface area contributed by atoms with Gasteiger partial charge in [-0.25, -0.2) is 9.59 Å². The zero-order chi connectivity index (χ0) is 19.2. The van der Waals surface area contributed by atoms with Gasteiger partial charge in [-0.3, -0.25) is 0 Å². The number of nitrogens with zero attached hydrogens (tertiary/aromatic N) is 1. The molecule has 1 heterocycles. The molecule has 1 aliphatic rings. The summed E-state index contributed by atoms with van der Waals surface area (Å²) in [5.74, 6) is -0.643. The van der Waals surface area contributed by atoms with Crippen LogP contribution in [-0.4, -0.2) is 31.6 Å². The van der Waals surface area contributed by atoms with Crippen LogP contribution >= 0.6 is 0 Å². The minimum atomic E-state index is -0.375. The summed E-state index contributed by atoms with van der Waals surface area (Å²) in [6, 6.07) is 15.0. The highest BCUT2D eigenvalue weighted by Crippen LogP contribution is 2.31. The summed E-state index contributed by atoms with van der Waals surface area (Å²) >= 11 is 0. The number of ether oxygens (including phenoxy) is 2. The Balaban J connectivity index is 1.86. The van der Waals surface area contributed by atoms with E-state index in [0.717, 1.165) is 36.1 Å². The molecule has 2 aromatic rings. The Kier molecular flexibility index (Phi) is 6.12. The van der Waals surface area contributed by atoms with Crippen LogP contribution in [0.15, 0.2) is 48.5 Å². The van der Waals surface area contributed by atoms with Crippen molar-refractivity contribution in [3.8, 4) is 0 Å². The number of carbonyl (C=O) groups excluding carboxylic acids is 2. The highest BCUT2D eigenvalue weighted by Gasteiger charge is 2.34. The van der Waals surface area contributed by atoms with Crippen molar-refractivity contribution >= 4 is 17.6 Å². The van der Waals surface area contributed by atoms with Gasteiger partial charge in [0.15, 0.2) is 0 Å². The molecule has 0 amide bonds. The molecule has 1 atom stereocenters. The number of benzene rings is 2. The fourth-order valence-electron chi connectivity index (χ4n) is 3.45. The molecule has 27 heavy (non-hydrogen) atoms. The molecule has 5 heteroatoms. The van der Waals surface area contributed by atoms with Crippen LogP contribution < -0.4 is 4.90 Å². The lowest BCUT2D eigenvalue weighted by Crippen LogP contribution is -2.37. The normalized spacial score (nSPS) is 16.2. The molecular formula is C22H25NO4. The van der Waals surface area contributed by atoms with Gasteiger partial charge in [0.2, 0.25) is 0 Å². The first kappa shape index (κ1) is 19.0. The predicted molar refractivity (Wildman–Crippen MR) is 104 cm³/mol. The molecule has 0 bridgehead atoms. The number of hydrogen-bond donors (Lipinski definition) is 0. The Labute approximate surface area is 159 Å². The quantitative estimate of drug-likeness (QED) is 0.728. The molecule has 0 N–H and O–H groups in total. The average Bonchev–Trinajstić information content (AvgIpc) is 3.21. The number of anilines is 1. The van der Waals surface area contributed by atoms with Gasteiger partial charge in [0.25, 0.3) is 0 Å². The van der Waals surface area contributed by atoms with Crippen LogP contribution in [0.3, 0.4) is 0 Å². The predicted octanol–water partition coefficient (Wildman–Crippen LogP) is 3.75. The van der Waals surface area contributed by atoms with Crippen LogP contribution in [0.1, 0.15) is 41.3 Å². The highest BCUT2D eigenvalue weighted by atomic mass is 16.5. The number of methoxy groups -OCH3 is 1. The Morgan fingerprint density at radius 2 is 1.89 bits per heavy atom. The summed E-state index contributed by atoms with van der Waals surface area (Å²) in [6.45, 7) is 2.97. The maximum Gasteiger partial charge on any atom is 0.340 e. The smallest absolute Gasteiger partial charge is 0.340 e. The molecule has 3 rings (SSSR count). The van der Waals surface area contributed by atoms with Gasteiger partial charge in [-0.1, -0.05) is 43.3 Å². The highest BCUT2D eigenvalue weighted by molar-refractivity contribution is 5.97. The minimum absolute atomic E-state index is 0.218. The van der Waals surface area contributed by atoms with Crippen LogP contribution in [0.25, 0.3) is 0 Å². The first-order valence-corrected chi connectivity index (χ1v) is 9.32. The van der Waals surface area contributed by atoms with E-state index in [1.165, 1.54) is 7.11 Å². The number of hydrogen-bond acceptors (Lipinski definition) is 5. The zero-order valence-electron chi connectivity index (χ0n) is 15.8. The molecule has 0 saturated carbocycles. The topological polar surface area (TPSA) is 55.8 Å². The second kappa shape index (κ2) is 8.71. The number of esters is 2. The summed E-state index contributed by atoms with van der Waals surface area (Å²) in [5, 5.41) is 0. The van der Waals surface area contributed by atoms with Crippen molar-refractivity contribution in [1.29, 1.82) is 0 Å². The Morgan fingerprint density at radius 3 is 2.59 bits per heavy atom. The molecule has 5 nitrogen and oxygen atoms in total. The van der Waals surface area contributed by atoms with E-state index >= 15 is 0 Å². The van der Waals surface area contributed by atoms with Crippen LogP contribution in [0.4, 0.5) is 5.69 Å². The Morgan fingerprint density at radius 1 is 1.11 bits per heavy atom. The summed E-state index contributed by atoms with van der Waals surface area (Å²) < 4.78 is 10.5. The largest absolute Gasteiger partial charge is 0.467 e. The molecule has 0 aromatic heterocycles. The summed E-state index contributed by atoms with van der Waals surface area (Å²) in [5.41, 5.74) is 3.23. The molecule has 0 spiro atoms. The van der Waals surface area contributed by atoms with Crippen molar-refractivity contribution in [2.24, 2.45) is 0 Å². The van der Waals surface area contributed by atoms with E-state index in [4.69, 9.17) is 9.47 Å². The lowest BCUT2D eigenvalue weighted by atomic mass is 10.0. The maximum atomic E-state index is 12.8. The van der Waals surface area contributed by atoms with E-state index in [-0.39, 0.29) is 24.6 Å². The van der Waals surface area contributed by atoms with Crippen molar-refractivity contribution in [2.75, 3.05) is 18.6 Å². The van der Waals surface area contributed by atoms with Crippen LogP contribution in [0, 0.1) is 0 Å². The second-order valence-corrected chi connectivity index (χ2v) is 6.64. The molecule has 0 radical (unpaired) electrons. The standard InChI is InChI=1S/C22H25NO4/c1-3-16-11-12-19(23-13-7-10-20(23)22(25)26-2)18(14-16)21(24)27-15-17-8-5-4-6-9-17/h4-6,8-9,11-12,14,20H,3,7,10,13,15H2,1-2H3/t20-/m0/s1. The van der Waals surface area contributed by atoms with Gasteiger partial charge in [0, 0.05) is 6.54 Å². The monoisotopic (exact) mass is 367 g/mol. The van der Waals surface area contributed by atoms with E-state index < -0.39 is 0 Å².